The SMILES string of the molecule is CC(NC(=O)c1ncnc(N)c1Cl)c1cc(-c2nc3ccc(C(F)(F)F)cc3[nH]2)on1. The number of amides is 1. The lowest BCUT2D eigenvalue weighted by Crippen LogP contribution is -2.28. The Morgan fingerprint density at radius 3 is 2.81 bits per heavy atom. The van der Waals surface area contributed by atoms with Gasteiger partial charge >= 0.3 is 6.18 Å². The summed E-state index contributed by atoms with van der Waals surface area (Å²) < 4.78 is 43.9. The fourth-order valence-electron chi connectivity index (χ4n) is 2.79. The summed E-state index contributed by atoms with van der Waals surface area (Å²) in [5.74, 6) is -0.250. The monoisotopic (exact) mass is 451 g/mol. The maximum atomic E-state index is 12.9. The van der Waals surface area contributed by atoms with E-state index in [1.165, 1.54) is 12.1 Å². The van der Waals surface area contributed by atoms with Gasteiger partial charge in [-0.15, -0.1) is 0 Å². The van der Waals surface area contributed by atoms with Crippen molar-refractivity contribution in [2.24, 2.45) is 0 Å². The summed E-state index contributed by atoms with van der Waals surface area (Å²) in [4.78, 5) is 26.9. The molecule has 1 aromatic carbocycles. The Labute approximate surface area is 176 Å². The first-order valence-corrected chi connectivity index (χ1v) is 9.12. The number of benzene rings is 1. The molecule has 0 saturated heterocycles. The number of hydrogen-bond acceptors (Lipinski definition) is 7. The Balaban J connectivity index is 1.55. The molecule has 4 rings (SSSR count). The lowest BCUT2D eigenvalue weighted by atomic mass is 10.2. The average molecular weight is 452 g/mol. The van der Waals surface area contributed by atoms with Gasteiger partial charge in [-0.3, -0.25) is 4.79 Å². The minimum absolute atomic E-state index is 0.0308. The number of H-pyrrole nitrogens is 1. The molecule has 13 heteroatoms. The number of nitrogens with two attached hydrogens (primary N) is 1. The second-order valence-corrected chi connectivity index (χ2v) is 6.93. The molecule has 0 aliphatic rings. The Morgan fingerprint density at radius 2 is 2.06 bits per heavy atom. The molecule has 0 bridgehead atoms. The van der Waals surface area contributed by atoms with Gasteiger partial charge in [0, 0.05) is 6.07 Å². The predicted molar refractivity (Wildman–Crippen MR) is 104 cm³/mol. The second kappa shape index (κ2) is 7.54. The van der Waals surface area contributed by atoms with E-state index in [1.54, 1.807) is 6.92 Å². The molecule has 3 heterocycles. The highest BCUT2D eigenvalue weighted by Crippen LogP contribution is 2.32. The lowest BCUT2D eigenvalue weighted by molar-refractivity contribution is -0.137. The molecule has 0 saturated carbocycles. The number of halogens is 4. The predicted octanol–water partition coefficient (Wildman–Crippen LogP) is 3.75. The number of anilines is 1. The summed E-state index contributed by atoms with van der Waals surface area (Å²) in [5, 5.41) is 6.46. The van der Waals surface area contributed by atoms with Crippen molar-refractivity contribution < 1.29 is 22.5 Å². The van der Waals surface area contributed by atoms with Gasteiger partial charge in [0.05, 0.1) is 22.6 Å². The Kier molecular flexibility index (Phi) is 5.01. The fraction of sp³-hybridized carbons (Fsp3) is 0.167. The lowest BCUT2D eigenvalue weighted by Gasteiger charge is -2.11. The largest absolute Gasteiger partial charge is 0.416 e. The highest BCUT2D eigenvalue weighted by atomic mass is 35.5. The number of aromatic amines is 1. The average Bonchev–Trinajstić information content (AvgIpc) is 3.35. The zero-order valence-electron chi connectivity index (χ0n) is 15.7. The number of carbonyl (C=O) groups is 1. The number of nitrogens with one attached hydrogen (secondary N) is 2. The van der Waals surface area contributed by atoms with Crippen LogP contribution >= 0.6 is 11.6 Å². The van der Waals surface area contributed by atoms with E-state index >= 15 is 0 Å². The number of hydrogen-bond donors (Lipinski definition) is 3. The van der Waals surface area contributed by atoms with Crippen LogP contribution in [0.4, 0.5) is 19.0 Å². The first-order chi connectivity index (χ1) is 14.6. The first kappa shape index (κ1) is 20.6. The zero-order chi connectivity index (χ0) is 22.3. The Morgan fingerprint density at radius 1 is 1.29 bits per heavy atom. The van der Waals surface area contributed by atoms with Gasteiger partial charge in [-0.25, -0.2) is 15.0 Å². The van der Waals surface area contributed by atoms with E-state index < -0.39 is 23.7 Å². The molecule has 1 amide bonds. The molecule has 0 spiro atoms. The first-order valence-electron chi connectivity index (χ1n) is 8.74. The minimum Gasteiger partial charge on any atom is -0.382 e. The van der Waals surface area contributed by atoms with Crippen molar-refractivity contribution in [1.29, 1.82) is 0 Å². The van der Waals surface area contributed by atoms with Crippen LogP contribution in [0.2, 0.25) is 5.02 Å². The molecule has 4 aromatic rings. The van der Waals surface area contributed by atoms with Crippen LogP contribution in [0.15, 0.2) is 35.1 Å². The van der Waals surface area contributed by atoms with Crippen LogP contribution < -0.4 is 11.1 Å². The zero-order valence-corrected chi connectivity index (χ0v) is 16.4. The van der Waals surface area contributed by atoms with Gasteiger partial charge in [0.2, 0.25) is 5.76 Å². The Bertz CT molecular complexity index is 1280. The molecule has 0 fully saturated rings. The van der Waals surface area contributed by atoms with Crippen molar-refractivity contribution in [1.82, 2.24) is 30.4 Å². The number of rotatable bonds is 4. The van der Waals surface area contributed by atoms with E-state index in [2.05, 4.69) is 30.4 Å². The van der Waals surface area contributed by atoms with Gasteiger partial charge in [0.1, 0.15) is 22.9 Å². The van der Waals surface area contributed by atoms with Crippen molar-refractivity contribution in [3.8, 4) is 11.6 Å². The van der Waals surface area contributed by atoms with Crippen LogP contribution in [0.1, 0.15) is 34.7 Å². The summed E-state index contributed by atoms with van der Waals surface area (Å²) in [6, 6.07) is 4.06. The summed E-state index contributed by atoms with van der Waals surface area (Å²) in [7, 11) is 0. The molecule has 1 atom stereocenters. The topological polar surface area (TPSA) is 136 Å². The van der Waals surface area contributed by atoms with Crippen LogP contribution in [-0.2, 0) is 6.18 Å². The van der Waals surface area contributed by atoms with Gasteiger partial charge in [-0.2, -0.15) is 13.2 Å². The molecule has 0 radical (unpaired) electrons. The molecule has 0 aliphatic carbocycles. The molecule has 160 valence electrons. The van der Waals surface area contributed by atoms with Gasteiger partial charge in [0.25, 0.3) is 5.91 Å². The highest BCUT2D eigenvalue weighted by Gasteiger charge is 2.31. The summed E-state index contributed by atoms with van der Waals surface area (Å²) in [5.41, 5.74) is 5.55. The van der Waals surface area contributed by atoms with Crippen LogP contribution in [0.3, 0.4) is 0 Å². The van der Waals surface area contributed by atoms with E-state index in [0.29, 0.717) is 11.2 Å². The molecular formula is C18H13ClF3N7O2. The van der Waals surface area contributed by atoms with Gasteiger partial charge in [-0.05, 0) is 25.1 Å². The van der Waals surface area contributed by atoms with E-state index in [9.17, 15) is 18.0 Å². The van der Waals surface area contributed by atoms with E-state index in [-0.39, 0.29) is 33.6 Å². The number of carbonyl (C=O) groups excluding carboxylic acids is 1. The molecule has 4 N–H and O–H groups in total. The molecule has 31 heavy (non-hydrogen) atoms. The number of nitrogen functional groups attached to an aromatic ring is 1. The van der Waals surface area contributed by atoms with Crippen molar-refractivity contribution in [3.63, 3.8) is 0 Å². The third kappa shape index (κ3) is 4.01. The Hall–Kier alpha value is -3.67. The van der Waals surface area contributed by atoms with Crippen molar-refractivity contribution in [3.05, 3.63) is 52.6 Å². The maximum Gasteiger partial charge on any atom is 0.416 e. The van der Waals surface area contributed by atoms with Crippen molar-refractivity contribution in [2.45, 2.75) is 19.1 Å². The standard InChI is InChI=1S/C18H13ClF3N7O2/c1-7(26-17(30)14-13(19)15(23)25-6-24-14)10-5-12(31-29-10)16-27-9-3-2-8(18(20,21)22)4-11(9)28-16/h2-7H,1H3,(H,26,30)(H,27,28)(H2,23,24,25). The van der Waals surface area contributed by atoms with E-state index in [4.69, 9.17) is 21.9 Å². The van der Waals surface area contributed by atoms with Gasteiger partial charge < -0.3 is 20.6 Å². The van der Waals surface area contributed by atoms with E-state index in [1.807, 2.05) is 0 Å². The third-order valence-corrected chi connectivity index (χ3v) is 4.77. The molecule has 3 aromatic heterocycles. The highest BCUT2D eigenvalue weighted by molar-refractivity contribution is 6.35. The fourth-order valence-corrected chi connectivity index (χ4v) is 2.97. The molecule has 9 nitrogen and oxygen atoms in total. The van der Waals surface area contributed by atoms with Crippen molar-refractivity contribution >= 4 is 34.4 Å². The molecule has 0 aliphatic heterocycles. The second-order valence-electron chi connectivity index (χ2n) is 6.55. The van der Waals surface area contributed by atoms with Crippen LogP contribution in [-0.4, -0.2) is 31.0 Å². The number of nitrogens with zero attached hydrogens (tertiary/aromatic N) is 4. The van der Waals surface area contributed by atoms with Gasteiger partial charge in [-0.1, -0.05) is 16.8 Å². The molecule has 1 unspecified atom stereocenters. The summed E-state index contributed by atoms with van der Waals surface area (Å²) in [6.45, 7) is 1.65. The number of fused-ring (bicyclic) bond motifs is 1. The quantitative estimate of drug-likeness (QED) is 0.430. The van der Waals surface area contributed by atoms with E-state index in [0.717, 1.165) is 18.5 Å². The minimum atomic E-state index is -4.47. The van der Waals surface area contributed by atoms with Gasteiger partial charge in [0.15, 0.2) is 11.5 Å². The smallest absolute Gasteiger partial charge is 0.382 e. The van der Waals surface area contributed by atoms with Crippen molar-refractivity contribution in [2.75, 3.05) is 5.73 Å². The summed E-state index contributed by atoms with van der Waals surface area (Å²) >= 11 is 5.95. The number of aromatic nitrogens is 5. The number of alkyl halides is 3. The third-order valence-electron chi connectivity index (χ3n) is 4.39. The summed E-state index contributed by atoms with van der Waals surface area (Å²) in [6.07, 6.45) is -3.36. The van der Waals surface area contributed by atoms with Crippen LogP contribution in [0.25, 0.3) is 22.6 Å². The molecular weight excluding hydrogens is 439 g/mol. The van der Waals surface area contributed by atoms with Crippen LogP contribution in [0, 0.1) is 0 Å². The maximum absolute atomic E-state index is 12.9. The normalized spacial score (nSPS) is 12.8. The van der Waals surface area contributed by atoms with Crippen LogP contribution in [0.5, 0.6) is 0 Å². The number of imidazole rings is 1.